The molecule has 1 aliphatic carbocycles. The molecular formula is C26H23FN2O3. The fourth-order valence-corrected chi connectivity index (χ4v) is 4.60. The molecule has 3 N–H and O–H groups in total. The van der Waals surface area contributed by atoms with E-state index in [-0.39, 0.29) is 23.3 Å². The first kappa shape index (κ1) is 20.1. The molecule has 2 aliphatic rings. The number of nitrogens with one attached hydrogen (secondary N) is 2. The third-order valence-electron chi connectivity index (χ3n) is 6.19. The van der Waals surface area contributed by atoms with E-state index in [1.165, 1.54) is 19.2 Å². The number of ether oxygens (including phenoxy) is 1. The summed E-state index contributed by atoms with van der Waals surface area (Å²) in [6, 6.07) is 18.9. The molecule has 1 aliphatic heterocycles. The second kappa shape index (κ2) is 8.04. The molecule has 3 aromatic rings. The first-order valence-corrected chi connectivity index (χ1v) is 10.5. The average Bonchev–Trinajstić information content (AvgIpc) is 2.96. The number of carbonyl (C=O) groups excluding carboxylic acids is 1. The van der Waals surface area contributed by atoms with Crippen molar-refractivity contribution >= 4 is 17.2 Å². The van der Waals surface area contributed by atoms with Gasteiger partial charge in [-0.25, -0.2) is 4.39 Å². The zero-order valence-electron chi connectivity index (χ0n) is 17.6. The number of benzene rings is 3. The van der Waals surface area contributed by atoms with Crippen LogP contribution in [0.2, 0.25) is 0 Å². The number of phenolic OH excluding ortho intramolecular Hbond substituents is 1. The first-order chi connectivity index (χ1) is 15.5. The Morgan fingerprint density at radius 2 is 1.69 bits per heavy atom. The molecule has 0 amide bonds. The number of allylic oxidation sites excluding steroid dienone is 1. The Bertz CT molecular complexity index is 1220. The van der Waals surface area contributed by atoms with Crippen molar-refractivity contribution in [3.63, 3.8) is 0 Å². The van der Waals surface area contributed by atoms with Gasteiger partial charge in [-0.3, -0.25) is 4.79 Å². The van der Waals surface area contributed by atoms with Gasteiger partial charge in [0.1, 0.15) is 5.82 Å². The Morgan fingerprint density at radius 1 is 0.969 bits per heavy atom. The van der Waals surface area contributed by atoms with E-state index in [1.807, 2.05) is 30.3 Å². The lowest BCUT2D eigenvalue weighted by Gasteiger charge is -2.30. The summed E-state index contributed by atoms with van der Waals surface area (Å²) in [5, 5.41) is 17.3. The maximum absolute atomic E-state index is 13.5. The minimum atomic E-state index is -0.431. The quantitative estimate of drug-likeness (QED) is 0.510. The van der Waals surface area contributed by atoms with Gasteiger partial charge in [0.25, 0.3) is 0 Å². The smallest absolute Gasteiger partial charge is 0.163 e. The van der Waals surface area contributed by atoms with Crippen LogP contribution in [0.1, 0.15) is 35.9 Å². The molecule has 3 aromatic carbocycles. The van der Waals surface area contributed by atoms with E-state index in [9.17, 15) is 14.3 Å². The SMILES string of the molecule is COc1ccc(C2Nc3ccccc3NC3=C2C(=O)CC(c2ccc(F)cc2)C3)cc1O. The molecule has 2 atom stereocenters. The van der Waals surface area contributed by atoms with E-state index in [2.05, 4.69) is 10.6 Å². The van der Waals surface area contributed by atoms with E-state index >= 15 is 0 Å². The second-order valence-corrected chi connectivity index (χ2v) is 8.15. The number of aromatic hydroxyl groups is 1. The van der Waals surface area contributed by atoms with Crippen molar-refractivity contribution in [3.05, 3.63) is 94.9 Å². The number of Topliss-reactive ketones (excluding diaryl/α,β-unsaturated/α-hetero) is 1. The summed E-state index contributed by atoms with van der Waals surface area (Å²) in [5.74, 6) is 0.0902. The number of hydrogen-bond donors (Lipinski definition) is 3. The fraction of sp³-hybridized carbons (Fsp3) is 0.192. The summed E-state index contributed by atoms with van der Waals surface area (Å²) < 4.78 is 18.6. The Labute approximate surface area is 185 Å². The van der Waals surface area contributed by atoms with E-state index in [4.69, 9.17) is 4.74 Å². The molecule has 6 heteroatoms. The lowest BCUT2D eigenvalue weighted by molar-refractivity contribution is -0.116. The molecule has 32 heavy (non-hydrogen) atoms. The highest BCUT2D eigenvalue weighted by Crippen LogP contribution is 2.45. The summed E-state index contributed by atoms with van der Waals surface area (Å²) in [6.45, 7) is 0. The summed E-state index contributed by atoms with van der Waals surface area (Å²) in [5.41, 5.74) is 4.96. The molecule has 162 valence electrons. The number of hydrogen-bond acceptors (Lipinski definition) is 5. The predicted octanol–water partition coefficient (Wildman–Crippen LogP) is 5.52. The van der Waals surface area contributed by atoms with Crippen molar-refractivity contribution in [1.82, 2.24) is 0 Å². The zero-order valence-corrected chi connectivity index (χ0v) is 17.6. The minimum Gasteiger partial charge on any atom is -0.504 e. The average molecular weight is 430 g/mol. The van der Waals surface area contributed by atoms with E-state index in [0.717, 1.165) is 28.2 Å². The molecule has 2 unspecified atom stereocenters. The third-order valence-corrected chi connectivity index (χ3v) is 6.19. The van der Waals surface area contributed by atoms with Crippen LogP contribution < -0.4 is 15.4 Å². The summed E-state index contributed by atoms with van der Waals surface area (Å²) in [4.78, 5) is 13.5. The van der Waals surface area contributed by atoms with Crippen molar-refractivity contribution in [2.75, 3.05) is 17.7 Å². The van der Waals surface area contributed by atoms with Crippen LogP contribution >= 0.6 is 0 Å². The largest absolute Gasteiger partial charge is 0.504 e. The van der Waals surface area contributed by atoms with Crippen molar-refractivity contribution < 1.29 is 19.0 Å². The summed E-state index contributed by atoms with van der Waals surface area (Å²) in [7, 11) is 1.50. The van der Waals surface area contributed by atoms with Crippen LogP contribution in [0.25, 0.3) is 0 Å². The van der Waals surface area contributed by atoms with Crippen LogP contribution in [0.4, 0.5) is 15.8 Å². The van der Waals surface area contributed by atoms with Gasteiger partial charge in [0.05, 0.1) is 24.5 Å². The summed E-state index contributed by atoms with van der Waals surface area (Å²) >= 11 is 0. The lowest BCUT2D eigenvalue weighted by Crippen LogP contribution is -2.26. The first-order valence-electron chi connectivity index (χ1n) is 10.5. The normalized spacial score (nSPS) is 19.9. The van der Waals surface area contributed by atoms with Crippen LogP contribution in [0.15, 0.2) is 78.0 Å². The van der Waals surface area contributed by atoms with Crippen molar-refractivity contribution in [2.24, 2.45) is 0 Å². The third kappa shape index (κ3) is 3.58. The molecule has 0 fully saturated rings. The number of rotatable bonds is 3. The molecule has 5 rings (SSSR count). The van der Waals surface area contributed by atoms with E-state index in [1.54, 1.807) is 24.3 Å². The minimum absolute atomic E-state index is 0.0203. The predicted molar refractivity (Wildman–Crippen MR) is 121 cm³/mol. The Hall–Kier alpha value is -3.80. The monoisotopic (exact) mass is 430 g/mol. The topological polar surface area (TPSA) is 70.6 Å². The van der Waals surface area contributed by atoms with Crippen LogP contribution in [0.3, 0.4) is 0 Å². The lowest BCUT2D eigenvalue weighted by atomic mass is 9.78. The maximum Gasteiger partial charge on any atom is 0.163 e. The number of ketones is 1. The van der Waals surface area contributed by atoms with Gasteiger partial charge in [0, 0.05) is 17.7 Å². The van der Waals surface area contributed by atoms with Crippen molar-refractivity contribution in [1.29, 1.82) is 0 Å². The van der Waals surface area contributed by atoms with Crippen molar-refractivity contribution in [3.8, 4) is 11.5 Å². The van der Waals surface area contributed by atoms with Crippen LogP contribution in [-0.4, -0.2) is 18.0 Å². The summed E-state index contributed by atoms with van der Waals surface area (Å²) in [6.07, 6.45) is 0.962. The van der Waals surface area contributed by atoms with Gasteiger partial charge in [-0.2, -0.15) is 0 Å². The highest BCUT2D eigenvalue weighted by Gasteiger charge is 2.36. The number of fused-ring (bicyclic) bond motifs is 1. The second-order valence-electron chi connectivity index (χ2n) is 8.15. The van der Waals surface area contributed by atoms with Gasteiger partial charge in [-0.15, -0.1) is 0 Å². The molecule has 0 radical (unpaired) electrons. The number of phenols is 1. The van der Waals surface area contributed by atoms with Crippen molar-refractivity contribution in [2.45, 2.75) is 24.8 Å². The van der Waals surface area contributed by atoms with Crippen LogP contribution in [-0.2, 0) is 4.79 Å². The number of methoxy groups -OCH3 is 1. The van der Waals surface area contributed by atoms with E-state index < -0.39 is 6.04 Å². The highest BCUT2D eigenvalue weighted by molar-refractivity contribution is 6.01. The maximum atomic E-state index is 13.5. The number of para-hydroxylation sites is 2. The van der Waals surface area contributed by atoms with Gasteiger partial charge in [-0.05, 0) is 59.9 Å². The zero-order chi connectivity index (χ0) is 22.2. The molecule has 0 spiro atoms. The standard InChI is InChI=1S/C26H23FN2O3/c1-32-24-11-8-16(13-22(24)30)26-25-21(28-19-4-2-3-5-20(19)29-26)12-17(14-23(25)31)15-6-9-18(27)10-7-15/h2-11,13,17,26,28-30H,12,14H2,1H3. The number of anilines is 2. The Morgan fingerprint density at radius 3 is 2.41 bits per heavy atom. The fourth-order valence-electron chi connectivity index (χ4n) is 4.60. The van der Waals surface area contributed by atoms with Gasteiger partial charge in [0.2, 0.25) is 0 Å². The van der Waals surface area contributed by atoms with E-state index in [0.29, 0.717) is 24.2 Å². The van der Waals surface area contributed by atoms with Gasteiger partial charge in [-0.1, -0.05) is 30.3 Å². The number of halogens is 1. The highest BCUT2D eigenvalue weighted by atomic mass is 19.1. The Balaban J connectivity index is 1.60. The molecule has 0 aromatic heterocycles. The van der Waals surface area contributed by atoms with Gasteiger partial charge in [0.15, 0.2) is 17.3 Å². The van der Waals surface area contributed by atoms with Crippen LogP contribution in [0.5, 0.6) is 11.5 Å². The van der Waals surface area contributed by atoms with Gasteiger partial charge < -0.3 is 20.5 Å². The number of carbonyl (C=O) groups is 1. The molecular weight excluding hydrogens is 407 g/mol. The van der Waals surface area contributed by atoms with Crippen LogP contribution in [0, 0.1) is 5.82 Å². The Kier molecular flexibility index (Phi) is 5.05. The molecule has 1 heterocycles. The molecule has 0 saturated heterocycles. The molecule has 0 bridgehead atoms. The van der Waals surface area contributed by atoms with Gasteiger partial charge >= 0.3 is 0 Å². The molecule has 0 saturated carbocycles. The molecule has 5 nitrogen and oxygen atoms in total.